The first-order valence-electron chi connectivity index (χ1n) is 6.33. The quantitative estimate of drug-likeness (QED) is 0.628. The zero-order chi connectivity index (χ0) is 13.3. The van der Waals surface area contributed by atoms with Gasteiger partial charge in [0, 0.05) is 25.9 Å². The monoisotopic (exact) mass is 319 g/mol. The summed E-state index contributed by atoms with van der Waals surface area (Å²) in [5, 5.41) is 4.50. The van der Waals surface area contributed by atoms with Crippen molar-refractivity contribution in [1.29, 1.82) is 0 Å². The molecule has 106 valence electrons. The van der Waals surface area contributed by atoms with Crippen LogP contribution in [-0.4, -0.2) is 53.0 Å². The Kier molecular flexibility index (Phi) is 4.25. The van der Waals surface area contributed by atoms with Crippen LogP contribution in [-0.2, 0) is 16.1 Å². The van der Waals surface area contributed by atoms with E-state index < -0.39 is 0 Å². The van der Waals surface area contributed by atoms with E-state index in [2.05, 4.69) is 10.00 Å². The molecule has 0 aliphatic carbocycles. The zero-order valence-corrected chi connectivity index (χ0v) is 13.3. The minimum atomic E-state index is -0.301. The fraction of sp³-hybridized carbons (Fsp3) is 0.818. The van der Waals surface area contributed by atoms with Crippen LogP contribution in [0.25, 0.3) is 0 Å². The van der Waals surface area contributed by atoms with Gasteiger partial charge < -0.3 is 9.47 Å². The van der Waals surface area contributed by atoms with Crippen LogP contribution in [0, 0.1) is 3.95 Å². The molecule has 0 bridgehead atoms. The lowest BCUT2D eigenvalue weighted by Crippen LogP contribution is -2.45. The molecule has 8 heteroatoms. The predicted molar refractivity (Wildman–Crippen MR) is 78.2 cm³/mol. The Hall–Kier alpha value is 0.01000. The summed E-state index contributed by atoms with van der Waals surface area (Å²) in [6.07, 6.45) is 3.89. The number of hydrogen-bond donors (Lipinski definition) is 0. The van der Waals surface area contributed by atoms with Crippen LogP contribution in [0.2, 0.25) is 0 Å². The molecule has 3 heterocycles. The molecule has 2 saturated heterocycles. The predicted octanol–water partition coefficient (Wildman–Crippen LogP) is 2.19. The first-order valence-corrected chi connectivity index (χ1v) is 8.78. The summed E-state index contributed by atoms with van der Waals surface area (Å²) in [4.78, 5) is 2.36. The topological polar surface area (TPSA) is 39.5 Å². The van der Waals surface area contributed by atoms with E-state index >= 15 is 0 Å². The van der Waals surface area contributed by atoms with Crippen LogP contribution in [0.15, 0.2) is 4.34 Å². The van der Waals surface area contributed by atoms with Crippen LogP contribution in [0.4, 0.5) is 0 Å². The number of ether oxygens (including phenoxy) is 2. The molecule has 1 spiro atoms. The zero-order valence-electron chi connectivity index (χ0n) is 10.8. The molecule has 2 aliphatic heterocycles. The van der Waals surface area contributed by atoms with Gasteiger partial charge >= 0.3 is 0 Å². The fourth-order valence-corrected chi connectivity index (χ4v) is 4.21. The van der Waals surface area contributed by atoms with Crippen LogP contribution in [0.3, 0.4) is 0 Å². The van der Waals surface area contributed by atoms with Gasteiger partial charge in [0.2, 0.25) is 0 Å². The molecule has 2 aliphatic rings. The lowest BCUT2D eigenvalue weighted by molar-refractivity contribution is -0.187. The summed E-state index contributed by atoms with van der Waals surface area (Å²) in [5.41, 5.74) is 0. The van der Waals surface area contributed by atoms with E-state index in [1.807, 2.05) is 10.9 Å². The fourth-order valence-electron chi connectivity index (χ4n) is 2.47. The third-order valence-corrected chi connectivity index (χ3v) is 5.81. The van der Waals surface area contributed by atoms with Gasteiger partial charge in [-0.15, -0.1) is 0 Å². The molecule has 3 rings (SSSR count). The summed E-state index contributed by atoms with van der Waals surface area (Å²) in [5.74, 6) is -0.301. The second-order valence-corrected chi connectivity index (χ2v) is 7.38. The third-order valence-electron chi connectivity index (χ3n) is 3.53. The number of thioether (sulfide) groups is 1. The highest BCUT2D eigenvalue weighted by Gasteiger charge is 2.39. The average Bonchev–Trinajstić information content (AvgIpc) is 3.01. The standard InChI is InChI=1S/C11H17N3O2S3/c1-18-9-12-14(10(17)19-9)8-13-4-2-11(3-5-13)15-6-7-16-11/h2-8H2,1H3. The highest BCUT2D eigenvalue weighted by molar-refractivity contribution is 8.00. The molecule has 1 aromatic rings. The van der Waals surface area contributed by atoms with Gasteiger partial charge in [-0.3, -0.25) is 4.90 Å². The molecule has 1 aromatic heterocycles. The van der Waals surface area contributed by atoms with Gasteiger partial charge in [-0.2, -0.15) is 5.10 Å². The first-order chi connectivity index (χ1) is 9.21. The number of piperidine rings is 1. The van der Waals surface area contributed by atoms with Crippen molar-refractivity contribution in [3.8, 4) is 0 Å². The third kappa shape index (κ3) is 3.03. The van der Waals surface area contributed by atoms with E-state index in [1.165, 1.54) is 0 Å². The lowest BCUT2D eigenvalue weighted by atomic mass is 10.0. The molecule has 0 N–H and O–H groups in total. The van der Waals surface area contributed by atoms with Gasteiger partial charge in [0.1, 0.15) is 0 Å². The Morgan fingerprint density at radius 1 is 1.37 bits per heavy atom. The molecule has 0 unspecified atom stereocenters. The van der Waals surface area contributed by atoms with E-state index in [9.17, 15) is 0 Å². The molecule has 0 atom stereocenters. The molecule has 0 radical (unpaired) electrons. The van der Waals surface area contributed by atoms with Crippen molar-refractivity contribution in [1.82, 2.24) is 14.7 Å². The minimum absolute atomic E-state index is 0.301. The van der Waals surface area contributed by atoms with Crippen molar-refractivity contribution in [3.05, 3.63) is 3.95 Å². The number of rotatable bonds is 3. The number of likely N-dealkylation sites (tertiary alicyclic amines) is 1. The summed E-state index contributed by atoms with van der Waals surface area (Å²) in [6.45, 7) is 4.16. The highest BCUT2D eigenvalue weighted by Crippen LogP contribution is 2.31. The molecule has 5 nitrogen and oxygen atoms in total. The maximum Gasteiger partial charge on any atom is 0.181 e. The van der Waals surface area contributed by atoms with Gasteiger partial charge in [-0.05, 0) is 18.5 Å². The molecule has 0 amide bonds. The molecule has 19 heavy (non-hydrogen) atoms. The normalized spacial score (nSPS) is 23.2. The summed E-state index contributed by atoms with van der Waals surface area (Å²) < 4.78 is 15.3. The SMILES string of the molecule is CSc1nn(CN2CCC3(CC2)OCCO3)c(=S)s1. The van der Waals surface area contributed by atoms with Gasteiger partial charge in [0.25, 0.3) is 0 Å². The Morgan fingerprint density at radius 2 is 2.05 bits per heavy atom. The Bertz CT molecular complexity index is 486. The van der Waals surface area contributed by atoms with Gasteiger partial charge in [0.15, 0.2) is 14.1 Å². The molecular formula is C11H17N3O2S3. The van der Waals surface area contributed by atoms with Crippen molar-refractivity contribution < 1.29 is 9.47 Å². The van der Waals surface area contributed by atoms with E-state index in [-0.39, 0.29) is 5.79 Å². The molecular weight excluding hydrogens is 302 g/mol. The number of hydrogen-bond acceptors (Lipinski definition) is 7. The van der Waals surface area contributed by atoms with E-state index in [0.29, 0.717) is 0 Å². The molecule has 0 aromatic carbocycles. The van der Waals surface area contributed by atoms with Crippen molar-refractivity contribution in [3.63, 3.8) is 0 Å². The van der Waals surface area contributed by atoms with Crippen molar-refractivity contribution in [2.45, 2.75) is 29.6 Å². The summed E-state index contributed by atoms with van der Waals surface area (Å²) in [6, 6.07) is 0. The Morgan fingerprint density at radius 3 is 2.63 bits per heavy atom. The maximum absolute atomic E-state index is 5.73. The minimum Gasteiger partial charge on any atom is -0.347 e. The smallest absolute Gasteiger partial charge is 0.181 e. The Labute approximate surface area is 125 Å². The van der Waals surface area contributed by atoms with Crippen LogP contribution >= 0.6 is 35.3 Å². The summed E-state index contributed by atoms with van der Waals surface area (Å²) in [7, 11) is 0. The lowest BCUT2D eigenvalue weighted by Gasteiger charge is -2.37. The van der Waals surface area contributed by atoms with Crippen molar-refractivity contribution in [2.24, 2.45) is 0 Å². The van der Waals surface area contributed by atoms with Crippen LogP contribution in [0.5, 0.6) is 0 Å². The molecule has 2 fully saturated rings. The first kappa shape index (κ1) is 14.0. The highest BCUT2D eigenvalue weighted by atomic mass is 32.2. The number of nitrogens with zero attached hydrogens (tertiary/aromatic N) is 3. The summed E-state index contributed by atoms with van der Waals surface area (Å²) >= 11 is 8.56. The van der Waals surface area contributed by atoms with Crippen molar-refractivity contribution >= 4 is 35.3 Å². The van der Waals surface area contributed by atoms with Gasteiger partial charge in [-0.1, -0.05) is 23.1 Å². The van der Waals surface area contributed by atoms with Crippen molar-refractivity contribution in [2.75, 3.05) is 32.6 Å². The van der Waals surface area contributed by atoms with E-state index in [0.717, 1.165) is 54.1 Å². The van der Waals surface area contributed by atoms with Crippen LogP contribution < -0.4 is 0 Å². The maximum atomic E-state index is 5.73. The van der Waals surface area contributed by atoms with Crippen LogP contribution in [0.1, 0.15) is 12.8 Å². The van der Waals surface area contributed by atoms with E-state index in [4.69, 9.17) is 21.7 Å². The average molecular weight is 319 g/mol. The van der Waals surface area contributed by atoms with Gasteiger partial charge in [-0.25, -0.2) is 4.68 Å². The second-order valence-electron chi connectivity index (χ2n) is 4.70. The molecule has 0 saturated carbocycles. The van der Waals surface area contributed by atoms with Gasteiger partial charge in [0.05, 0.1) is 19.9 Å². The number of aromatic nitrogens is 2. The Balaban J connectivity index is 1.59. The van der Waals surface area contributed by atoms with E-state index in [1.54, 1.807) is 23.1 Å². The largest absolute Gasteiger partial charge is 0.347 e. The second kappa shape index (κ2) is 5.79.